The molecule has 1 aliphatic rings. The summed E-state index contributed by atoms with van der Waals surface area (Å²) in [6.45, 7) is 9.49. The molecule has 4 nitrogen and oxygen atoms in total. The lowest BCUT2D eigenvalue weighted by Gasteiger charge is -2.26. The molecule has 0 spiro atoms. The van der Waals surface area contributed by atoms with E-state index in [1.54, 1.807) is 0 Å². The van der Waals surface area contributed by atoms with E-state index in [0.29, 0.717) is 6.61 Å². The van der Waals surface area contributed by atoms with Gasteiger partial charge in [0, 0.05) is 29.7 Å². The van der Waals surface area contributed by atoms with Gasteiger partial charge in [-0.25, -0.2) is 0 Å². The minimum absolute atomic E-state index is 0.591. The first-order chi connectivity index (χ1) is 13.2. The minimum atomic E-state index is 0.591. The first-order valence-corrected chi connectivity index (χ1v) is 10.5. The zero-order chi connectivity index (χ0) is 18.9. The topological polar surface area (TPSA) is 33.7 Å². The minimum Gasteiger partial charge on any atom is -0.489 e. The molecule has 0 aromatic heterocycles. The summed E-state index contributed by atoms with van der Waals surface area (Å²) < 4.78 is 12.6. The van der Waals surface area contributed by atoms with Crippen LogP contribution in [0.1, 0.15) is 23.1 Å². The van der Waals surface area contributed by atoms with Crippen LogP contribution in [-0.2, 0) is 17.9 Å². The lowest BCUT2D eigenvalue weighted by molar-refractivity contribution is 0.0374. The van der Waals surface area contributed by atoms with Crippen molar-refractivity contribution in [3.8, 4) is 5.75 Å². The fourth-order valence-corrected chi connectivity index (χ4v) is 3.67. The van der Waals surface area contributed by atoms with Crippen molar-refractivity contribution in [3.63, 3.8) is 0 Å². The Hall–Kier alpha value is -1.40. The second-order valence-electron chi connectivity index (χ2n) is 7.01. The van der Waals surface area contributed by atoms with Crippen LogP contribution in [0.25, 0.3) is 0 Å². The molecule has 0 atom stereocenters. The first-order valence-electron chi connectivity index (χ1n) is 9.68. The lowest BCUT2D eigenvalue weighted by atomic mass is 10.1. The number of rotatable bonds is 9. The predicted molar refractivity (Wildman–Crippen MR) is 113 cm³/mol. The van der Waals surface area contributed by atoms with E-state index >= 15 is 0 Å². The van der Waals surface area contributed by atoms with Crippen molar-refractivity contribution in [2.45, 2.75) is 26.5 Å². The van der Waals surface area contributed by atoms with Crippen molar-refractivity contribution >= 4 is 15.9 Å². The Morgan fingerprint density at radius 2 is 2.00 bits per heavy atom. The molecule has 5 heteroatoms. The Labute approximate surface area is 171 Å². The molecule has 2 aromatic carbocycles. The highest BCUT2D eigenvalue weighted by molar-refractivity contribution is 9.10. The lowest BCUT2D eigenvalue weighted by Crippen LogP contribution is -2.37. The molecule has 0 saturated carbocycles. The smallest absolute Gasteiger partial charge is 0.124 e. The standard InChI is InChI=1S/C22H29BrN2O2/c1-18-4-2-5-19(14-18)17-27-22-7-6-21(23)15-20(22)16-24-8-3-9-25-10-12-26-13-11-25/h2,4-7,14-15,24H,3,8-13,16-17H2,1H3. The molecule has 0 aliphatic carbocycles. The molecule has 2 aromatic rings. The van der Waals surface area contributed by atoms with E-state index in [-0.39, 0.29) is 0 Å². The van der Waals surface area contributed by atoms with Crippen LogP contribution in [0.15, 0.2) is 46.9 Å². The van der Waals surface area contributed by atoms with Gasteiger partial charge in [0.05, 0.1) is 13.2 Å². The van der Waals surface area contributed by atoms with Gasteiger partial charge in [0.2, 0.25) is 0 Å². The highest BCUT2D eigenvalue weighted by atomic mass is 79.9. The molecular weight excluding hydrogens is 404 g/mol. The monoisotopic (exact) mass is 432 g/mol. The molecule has 1 N–H and O–H groups in total. The van der Waals surface area contributed by atoms with Crippen LogP contribution in [0.2, 0.25) is 0 Å². The number of benzene rings is 2. The van der Waals surface area contributed by atoms with Gasteiger partial charge in [-0.05, 0) is 50.2 Å². The third kappa shape index (κ3) is 6.92. The van der Waals surface area contributed by atoms with Crippen LogP contribution in [-0.4, -0.2) is 44.3 Å². The van der Waals surface area contributed by atoms with Crippen molar-refractivity contribution in [1.29, 1.82) is 0 Å². The number of nitrogens with zero attached hydrogens (tertiary/aromatic N) is 1. The van der Waals surface area contributed by atoms with Gasteiger partial charge in [0.15, 0.2) is 0 Å². The summed E-state index contributed by atoms with van der Waals surface area (Å²) >= 11 is 3.57. The largest absolute Gasteiger partial charge is 0.489 e. The van der Waals surface area contributed by atoms with Crippen molar-refractivity contribution in [2.24, 2.45) is 0 Å². The maximum absolute atomic E-state index is 6.10. The van der Waals surface area contributed by atoms with Crippen LogP contribution < -0.4 is 10.1 Å². The fraction of sp³-hybridized carbons (Fsp3) is 0.455. The summed E-state index contributed by atoms with van der Waals surface area (Å²) in [5.41, 5.74) is 3.64. The molecule has 1 heterocycles. The van der Waals surface area contributed by atoms with Crippen LogP contribution in [0.5, 0.6) is 5.75 Å². The predicted octanol–water partition coefficient (Wildman–Crippen LogP) is 4.15. The Morgan fingerprint density at radius 3 is 2.81 bits per heavy atom. The molecule has 1 saturated heterocycles. The number of aryl methyl sites for hydroxylation is 1. The Balaban J connectivity index is 1.46. The Kier molecular flexibility index (Phi) is 8.14. The van der Waals surface area contributed by atoms with E-state index in [2.05, 4.69) is 63.4 Å². The van der Waals surface area contributed by atoms with E-state index in [1.165, 1.54) is 16.7 Å². The SMILES string of the molecule is Cc1cccc(COc2ccc(Br)cc2CNCCCN2CCOCC2)c1. The number of nitrogens with one attached hydrogen (secondary N) is 1. The molecule has 0 unspecified atom stereocenters. The van der Waals surface area contributed by atoms with Crippen molar-refractivity contribution in [3.05, 3.63) is 63.6 Å². The number of hydrogen-bond donors (Lipinski definition) is 1. The molecule has 27 heavy (non-hydrogen) atoms. The molecule has 0 amide bonds. The van der Waals surface area contributed by atoms with Gasteiger partial charge in [-0.2, -0.15) is 0 Å². The highest BCUT2D eigenvalue weighted by Crippen LogP contribution is 2.24. The average Bonchev–Trinajstić information content (AvgIpc) is 2.68. The molecular formula is C22H29BrN2O2. The molecule has 0 radical (unpaired) electrons. The average molecular weight is 433 g/mol. The van der Waals surface area contributed by atoms with Crippen molar-refractivity contribution in [1.82, 2.24) is 10.2 Å². The zero-order valence-electron chi connectivity index (χ0n) is 16.0. The first kappa shape index (κ1) is 20.3. The summed E-state index contributed by atoms with van der Waals surface area (Å²) in [4.78, 5) is 2.47. The van der Waals surface area contributed by atoms with Crippen LogP contribution in [0.4, 0.5) is 0 Å². The van der Waals surface area contributed by atoms with E-state index in [0.717, 1.165) is 62.6 Å². The second kappa shape index (κ2) is 10.8. The maximum atomic E-state index is 6.10. The fourth-order valence-electron chi connectivity index (χ4n) is 3.27. The zero-order valence-corrected chi connectivity index (χ0v) is 17.6. The number of halogens is 1. The normalized spacial score (nSPS) is 15.0. The summed E-state index contributed by atoms with van der Waals surface area (Å²) in [6, 6.07) is 14.7. The molecule has 0 bridgehead atoms. The number of ether oxygens (including phenoxy) is 2. The summed E-state index contributed by atoms with van der Waals surface area (Å²) in [7, 11) is 0. The van der Waals surface area contributed by atoms with Gasteiger partial charge in [-0.15, -0.1) is 0 Å². The van der Waals surface area contributed by atoms with Gasteiger partial charge < -0.3 is 14.8 Å². The molecule has 1 aliphatic heterocycles. The quantitative estimate of drug-likeness (QED) is 0.603. The maximum Gasteiger partial charge on any atom is 0.124 e. The van der Waals surface area contributed by atoms with Gasteiger partial charge in [0.1, 0.15) is 12.4 Å². The Bertz CT molecular complexity index is 717. The van der Waals surface area contributed by atoms with Gasteiger partial charge in [0.25, 0.3) is 0 Å². The third-order valence-corrected chi connectivity index (χ3v) is 5.24. The summed E-state index contributed by atoms with van der Waals surface area (Å²) in [5, 5.41) is 3.56. The van der Waals surface area contributed by atoms with E-state index < -0.39 is 0 Å². The van der Waals surface area contributed by atoms with E-state index in [9.17, 15) is 0 Å². The van der Waals surface area contributed by atoms with Crippen LogP contribution in [0, 0.1) is 6.92 Å². The Morgan fingerprint density at radius 1 is 1.15 bits per heavy atom. The highest BCUT2D eigenvalue weighted by Gasteiger charge is 2.09. The van der Waals surface area contributed by atoms with E-state index in [4.69, 9.17) is 9.47 Å². The molecule has 3 rings (SSSR count). The summed E-state index contributed by atoms with van der Waals surface area (Å²) in [5.74, 6) is 0.945. The molecule has 1 fully saturated rings. The van der Waals surface area contributed by atoms with Crippen molar-refractivity contribution in [2.75, 3.05) is 39.4 Å². The molecule has 146 valence electrons. The van der Waals surface area contributed by atoms with Gasteiger partial charge in [-0.1, -0.05) is 45.8 Å². The van der Waals surface area contributed by atoms with Crippen molar-refractivity contribution < 1.29 is 9.47 Å². The third-order valence-electron chi connectivity index (χ3n) is 4.75. The number of hydrogen-bond acceptors (Lipinski definition) is 4. The number of morpholine rings is 1. The van der Waals surface area contributed by atoms with Gasteiger partial charge >= 0.3 is 0 Å². The van der Waals surface area contributed by atoms with Crippen LogP contribution in [0.3, 0.4) is 0 Å². The van der Waals surface area contributed by atoms with Gasteiger partial charge in [-0.3, -0.25) is 4.90 Å². The van der Waals surface area contributed by atoms with E-state index in [1.807, 2.05) is 12.1 Å². The summed E-state index contributed by atoms with van der Waals surface area (Å²) in [6.07, 6.45) is 1.15. The van der Waals surface area contributed by atoms with Crippen LogP contribution >= 0.6 is 15.9 Å². The second-order valence-corrected chi connectivity index (χ2v) is 7.93.